The highest BCUT2D eigenvalue weighted by Crippen LogP contribution is 2.45. The molecule has 0 amide bonds. The molecule has 0 atom stereocenters. The van der Waals surface area contributed by atoms with Gasteiger partial charge in [0.15, 0.2) is 46.7 Å². The van der Waals surface area contributed by atoms with E-state index in [9.17, 15) is 11.1 Å². The van der Waals surface area contributed by atoms with Gasteiger partial charge in [-0.05, 0) is 20.7 Å². The summed E-state index contributed by atoms with van der Waals surface area (Å²) >= 11 is -7.92. The largest absolute Gasteiger partial charge is 0.800 e. The van der Waals surface area contributed by atoms with Gasteiger partial charge in [-0.3, -0.25) is 0 Å². The lowest BCUT2D eigenvalue weighted by Crippen LogP contribution is -2.78. The van der Waals surface area contributed by atoms with Gasteiger partial charge in [-0.1, -0.05) is 426 Å². The topological polar surface area (TPSA) is 196 Å². The molecule has 0 spiro atoms. The van der Waals surface area contributed by atoms with Crippen molar-refractivity contribution in [1.29, 1.82) is 0 Å². The van der Waals surface area contributed by atoms with Crippen LogP contribution in [-0.4, -0.2) is 108 Å². The lowest BCUT2D eigenvalue weighted by atomic mass is 10.1. The summed E-state index contributed by atoms with van der Waals surface area (Å²) in [6.07, 6.45) is 0. The van der Waals surface area contributed by atoms with E-state index in [1.54, 1.807) is 0 Å². The number of rotatable bonds is 10. The summed E-state index contributed by atoms with van der Waals surface area (Å²) in [6, 6.07) is 108. The molecular formula is C104H100Al2N16O3Si2. The van der Waals surface area contributed by atoms with Gasteiger partial charge >= 0.3 is 47.0 Å². The molecule has 0 radical (unpaired) electrons. The summed E-state index contributed by atoms with van der Waals surface area (Å²) in [5.74, 6) is 6.28. The monoisotopic (exact) mass is 1730 g/mol. The fraction of sp³-hybridized carbons (Fsp3) is 0.154. The van der Waals surface area contributed by atoms with Crippen LogP contribution in [-0.2, 0) is 11.1 Å². The number of aromatic nitrogens is 4. The number of nitrogens with zero attached hydrogens (tertiary/aromatic N) is 16. The summed E-state index contributed by atoms with van der Waals surface area (Å²) in [7, 11) is -9.62. The zero-order valence-electron chi connectivity index (χ0n) is 74.6. The zero-order chi connectivity index (χ0) is 88.6. The van der Waals surface area contributed by atoms with Crippen molar-refractivity contribution in [3.63, 3.8) is 0 Å². The predicted molar refractivity (Wildman–Crippen MR) is 532 cm³/mol. The smallest absolute Gasteiger partial charge is 0.482 e. The molecule has 12 aromatic carbocycles. The SMILES string of the molecule is CC.CC.CC.CC.CC.CC.CC.CC.c1ccc([Si]([O][Al]2[n]3c4c5ccccc5c3N=C3N=C(N=c5c6ccccc6c([n]52)=NC2=NC(=N4)c4ccccc42)c2ccccc23)(O[Si]([O][Al]2[n]3c4c5ccccc5c3N=C3N=C(N=c5c6ccccc6c([n]52)=NC2=NC(=N4)c4ccccc42)c2ccccc23)(c2ccccc2)c2ccccc2)c2ccccc2)cc1. The average Bonchev–Trinajstić information content (AvgIpc) is 1.57. The minimum Gasteiger partial charge on any atom is -0.482 e. The Labute approximate surface area is 753 Å². The quantitative estimate of drug-likeness (QED) is 0.123. The van der Waals surface area contributed by atoms with E-state index in [0.29, 0.717) is 91.9 Å². The number of benzene rings is 12. The maximum atomic E-state index is 9.47. The maximum absolute atomic E-state index is 9.47. The van der Waals surface area contributed by atoms with Crippen LogP contribution in [0.25, 0.3) is 43.1 Å². The van der Waals surface area contributed by atoms with Crippen molar-refractivity contribution in [2.24, 2.45) is 59.9 Å². The fourth-order valence-electron chi connectivity index (χ4n) is 17.0. The van der Waals surface area contributed by atoms with Crippen LogP contribution in [0.3, 0.4) is 0 Å². The van der Waals surface area contributed by atoms with Crippen LogP contribution in [0.4, 0.5) is 23.3 Å². The summed E-state index contributed by atoms with van der Waals surface area (Å²) in [4.78, 5) is 68.6. The van der Waals surface area contributed by atoms with E-state index in [2.05, 4.69) is 257 Å². The van der Waals surface area contributed by atoms with E-state index < -0.39 is 47.0 Å². The Morgan fingerprint density at radius 1 is 0.181 bits per heavy atom. The first-order valence-electron chi connectivity index (χ1n) is 44.7. The third kappa shape index (κ3) is 14.7. The van der Waals surface area contributed by atoms with Crippen molar-refractivity contribution in [2.75, 3.05) is 0 Å². The first kappa shape index (κ1) is 87.2. The van der Waals surface area contributed by atoms with Crippen molar-refractivity contribution in [2.45, 2.75) is 111 Å². The molecule has 0 unspecified atom stereocenters. The molecule has 628 valence electrons. The van der Waals surface area contributed by atoms with Gasteiger partial charge in [0.05, 0.1) is 0 Å². The van der Waals surface area contributed by atoms with Crippen LogP contribution in [0.5, 0.6) is 0 Å². The van der Waals surface area contributed by atoms with Gasteiger partial charge in [0.2, 0.25) is 0 Å². The molecule has 0 saturated carbocycles. The number of fused-ring (bicyclic) bond motifs is 28. The van der Waals surface area contributed by atoms with Gasteiger partial charge in [0.1, 0.15) is 45.2 Å². The second-order valence-electron chi connectivity index (χ2n) is 28.1. The first-order valence-corrected chi connectivity index (χ1v) is 51.4. The van der Waals surface area contributed by atoms with Crippen LogP contribution >= 0.6 is 0 Å². The second kappa shape index (κ2) is 38.3. The third-order valence-electron chi connectivity index (χ3n) is 22.0. The van der Waals surface area contributed by atoms with Crippen molar-refractivity contribution in [3.05, 3.63) is 382 Å². The summed E-state index contributed by atoms with van der Waals surface area (Å²) in [5, 5.41) is 9.71. The molecular weight excluding hydrogens is 1630 g/mol. The van der Waals surface area contributed by atoms with Crippen molar-refractivity contribution < 1.29 is 11.1 Å². The second-order valence-corrected chi connectivity index (χ2v) is 38.9. The van der Waals surface area contributed by atoms with Crippen molar-refractivity contribution in [3.8, 4) is 0 Å². The molecule has 12 bridgehead atoms. The molecule has 0 fully saturated rings. The molecule has 0 saturated heterocycles. The number of aliphatic imine (C=N–C) groups is 8. The normalized spacial score (nSPS) is 13.6. The van der Waals surface area contributed by atoms with Crippen LogP contribution in [0.15, 0.2) is 375 Å². The molecule has 23 heteroatoms. The van der Waals surface area contributed by atoms with Crippen molar-refractivity contribution >= 4 is 181 Å². The molecule has 8 aliphatic heterocycles. The van der Waals surface area contributed by atoms with Gasteiger partial charge in [0.25, 0.3) is 0 Å². The van der Waals surface area contributed by atoms with E-state index in [-0.39, 0.29) is 0 Å². The van der Waals surface area contributed by atoms with E-state index >= 15 is 0 Å². The lowest BCUT2D eigenvalue weighted by Gasteiger charge is -2.44. The van der Waals surface area contributed by atoms with Gasteiger partial charge in [-0.2, -0.15) is 0 Å². The minimum absolute atomic E-state index is 0.498. The molecule has 19 nitrogen and oxygen atoms in total. The minimum atomic E-state index is -4.81. The first-order chi connectivity index (χ1) is 63.0. The Hall–Kier alpha value is -13.3. The number of hydrogen-bond donors (Lipinski definition) is 0. The molecule has 12 heterocycles. The van der Waals surface area contributed by atoms with E-state index in [1.807, 2.05) is 184 Å². The molecule has 8 aliphatic rings. The Kier molecular flexibility index (Phi) is 26.3. The summed E-state index contributed by atoms with van der Waals surface area (Å²) in [6.45, 7) is 32.0. The lowest BCUT2D eigenvalue weighted by molar-refractivity contribution is 0.350. The predicted octanol–water partition coefficient (Wildman–Crippen LogP) is 19.6. The fourth-order valence-corrected chi connectivity index (χ4v) is 34.9. The highest BCUT2D eigenvalue weighted by atomic mass is 28.5. The van der Waals surface area contributed by atoms with Gasteiger partial charge in [-0.15, -0.1) is 0 Å². The molecule has 127 heavy (non-hydrogen) atoms. The van der Waals surface area contributed by atoms with E-state index in [4.69, 9.17) is 59.9 Å². The zero-order valence-corrected chi connectivity index (χ0v) is 78.9. The highest BCUT2D eigenvalue weighted by Gasteiger charge is 2.61. The van der Waals surface area contributed by atoms with Gasteiger partial charge < -0.3 is 25.3 Å². The summed E-state index contributed by atoms with van der Waals surface area (Å²) < 4.78 is 37.2. The summed E-state index contributed by atoms with van der Waals surface area (Å²) in [5.41, 5.74) is 9.00. The van der Waals surface area contributed by atoms with E-state index in [0.717, 1.165) is 108 Å². The van der Waals surface area contributed by atoms with Gasteiger partial charge in [-0.25, -0.2) is 59.9 Å². The van der Waals surface area contributed by atoms with Crippen LogP contribution in [0, 0.1) is 0 Å². The Morgan fingerprint density at radius 2 is 0.346 bits per heavy atom. The Morgan fingerprint density at radius 3 is 0.543 bits per heavy atom. The third-order valence-corrected chi connectivity index (χ3v) is 36.7. The highest BCUT2D eigenvalue weighted by molar-refractivity contribution is 7.07. The molecule has 24 rings (SSSR count). The standard InChI is InChI=1S/2C32H16N8.C24H20O3Si2.8C2H6.2Al/c2*1-2-10-18-17(9-1)25-33-26(18)38-28-21-13-5-6-14-22(21)30(35-28)40-32-24-16-8-7-15-23(24)31(36-32)39-29-20-12-4-3-11-19(20)27(34-29)37-25;25-28(21-13-5-1-6-14-21,22-15-7-2-8-16-22)27-29(26,23-17-9-3-10-18-23)24-19-11-4-12-20-24;8*1-2;;/h2*1-16H;1-20H;8*1-2H3;;/q3*-2;;;;;;;;;2*+3. The van der Waals surface area contributed by atoms with Crippen molar-refractivity contribution in [1.82, 2.24) is 14.2 Å². The van der Waals surface area contributed by atoms with Gasteiger partial charge in [0, 0.05) is 87.6 Å². The Bertz CT molecular complexity index is 6570. The maximum Gasteiger partial charge on any atom is 0.800 e. The number of hydrogen-bond acceptors (Lipinski definition) is 15. The molecule has 0 aliphatic carbocycles. The van der Waals surface area contributed by atoms with Crippen LogP contribution < -0.4 is 42.7 Å². The molecule has 16 aromatic rings. The van der Waals surface area contributed by atoms with Crippen LogP contribution in [0.2, 0.25) is 0 Å². The number of amidine groups is 8. The van der Waals surface area contributed by atoms with E-state index in [1.165, 1.54) is 0 Å². The van der Waals surface area contributed by atoms with Crippen LogP contribution in [0.1, 0.15) is 155 Å². The Balaban J connectivity index is 0.000000705. The average molecular weight is 1730 g/mol. The molecule has 4 aromatic heterocycles. The molecule has 0 N–H and O–H groups in total.